The van der Waals surface area contributed by atoms with Crippen molar-refractivity contribution >= 4 is 21.4 Å². The smallest absolute Gasteiger partial charge is 0.432 e. The summed E-state index contributed by atoms with van der Waals surface area (Å²) in [5, 5.41) is 8.96. The number of nitrogens with one attached hydrogen (secondary N) is 1. The molecule has 3 aromatic rings. The van der Waals surface area contributed by atoms with Crippen LogP contribution in [0, 0.1) is 19.8 Å². The van der Waals surface area contributed by atoms with Gasteiger partial charge in [-0.2, -0.15) is 17.6 Å². The zero-order valence-corrected chi connectivity index (χ0v) is 21.0. The van der Waals surface area contributed by atoms with Crippen LogP contribution in [-0.2, 0) is 21.4 Å². The van der Waals surface area contributed by atoms with E-state index in [0.29, 0.717) is 11.3 Å². The summed E-state index contributed by atoms with van der Waals surface area (Å²) < 4.78 is 84.8. The van der Waals surface area contributed by atoms with E-state index >= 15 is 0 Å². The summed E-state index contributed by atoms with van der Waals surface area (Å²) in [6, 6.07) is 6.77. The van der Waals surface area contributed by atoms with E-state index in [0.717, 1.165) is 32.1 Å². The third-order valence-electron chi connectivity index (χ3n) is 6.13. The molecule has 1 amide bonds. The lowest BCUT2D eigenvalue weighted by molar-refractivity contribution is -0.142. The maximum atomic E-state index is 14.9. The van der Waals surface area contributed by atoms with Gasteiger partial charge in [0.15, 0.2) is 21.3 Å². The van der Waals surface area contributed by atoms with Crippen LogP contribution in [0.1, 0.15) is 52.6 Å². The first-order valence-electron chi connectivity index (χ1n) is 11.0. The molecule has 2 aromatic heterocycles. The lowest BCUT2D eigenvalue weighted by Crippen LogP contribution is -2.21. The van der Waals surface area contributed by atoms with Crippen LogP contribution in [0.4, 0.5) is 23.2 Å². The molecule has 2 heterocycles. The van der Waals surface area contributed by atoms with Crippen molar-refractivity contribution in [2.24, 2.45) is 0 Å². The number of aryl methyl sites for hydroxylation is 1. The summed E-state index contributed by atoms with van der Waals surface area (Å²) in [5.74, 6) is -3.17. The second kappa shape index (κ2) is 9.05. The number of hydrogen-bond acceptors (Lipinski definition) is 7. The standard InChI is InChI=1S/C24H22F4N4O4S/c1-12-10-16(23(3)8-9-23)30-20(25)18(12)36-22-17(13(2)19(31-32-22)24(26,27)28)21(33)29-14-6-5-7-15(11-14)37(4,34)35/h5-7,10-11H,8-9H2,1-4H3,(H,29,33). The molecule has 0 atom stereocenters. The molecule has 1 aromatic carbocycles. The Morgan fingerprint density at radius 3 is 2.38 bits per heavy atom. The highest BCUT2D eigenvalue weighted by atomic mass is 32.2. The molecule has 0 aliphatic heterocycles. The SMILES string of the molecule is Cc1cc(C2(C)CC2)nc(F)c1Oc1nnc(C(F)(F)F)c(C)c1C(=O)Nc1cccc(S(C)(=O)=O)c1. The van der Waals surface area contributed by atoms with Crippen molar-refractivity contribution in [3.05, 3.63) is 64.4 Å². The zero-order chi connectivity index (χ0) is 27.3. The van der Waals surface area contributed by atoms with Gasteiger partial charge in [-0.25, -0.2) is 13.4 Å². The van der Waals surface area contributed by atoms with Crippen molar-refractivity contribution in [2.75, 3.05) is 11.6 Å². The van der Waals surface area contributed by atoms with E-state index in [-0.39, 0.29) is 16.0 Å². The highest BCUT2D eigenvalue weighted by molar-refractivity contribution is 7.90. The van der Waals surface area contributed by atoms with Gasteiger partial charge in [-0.1, -0.05) is 13.0 Å². The fourth-order valence-corrected chi connectivity index (χ4v) is 4.37. The number of sulfone groups is 1. The molecule has 196 valence electrons. The van der Waals surface area contributed by atoms with Gasteiger partial charge < -0.3 is 10.1 Å². The predicted octanol–water partition coefficient (Wildman–Crippen LogP) is 5.15. The van der Waals surface area contributed by atoms with Gasteiger partial charge in [0.1, 0.15) is 5.56 Å². The molecule has 1 saturated carbocycles. The van der Waals surface area contributed by atoms with Crippen LogP contribution in [0.25, 0.3) is 0 Å². The van der Waals surface area contributed by atoms with Crippen LogP contribution in [0.2, 0.25) is 0 Å². The van der Waals surface area contributed by atoms with Crippen LogP contribution in [0.5, 0.6) is 11.6 Å². The van der Waals surface area contributed by atoms with Gasteiger partial charge in [-0.3, -0.25) is 4.79 Å². The number of alkyl halides is 3. The summed E-state index contributed by atoms with van der Waals surface area (Å²) in [6.07, 6.45) is -2.29. The average molecular weight is 539 g/mol. The predicted molar refractivity (Wildman–Crippen MR) is 125 cm³/mol. The molecule has 0 saturated heterocycles. The minimum Gasteiger partial charge on any atom is -0.432 e. The highest BCUT2D eigenvalue weighted by Crippen LogP contribution is 2.47. The Morgan fingerprint density at radius 1 is 1.14 bits per heavy atom. The molecule has 1 N–H and O–H groups in total. The molecule has 1 aliphatic carbocycles. The van der Waals surface area contributed by atoms with Gasteiger partial charge in [0.25, 0.3) is 17.7 Å². The number of pyridine rings is 1. The second-order valence-electron chi connectivity index (χ2n) is 9.21. The van der Waals surface area contributed by atoms with Crippen molar-refractivity contribution in [3.63, 3.8) is 0 Å². The number of rotatable bonds is 6. The Labute approximate surface area is 210 Å². The fourth-order valence-electron chi connectivity index (χ4n) is 3.70. The van der Waals surface area contributed by atoms with Crippen LogP contribution in [0.3, 0.4) is 0 Å². The van der Waals surface area contributed by atoms with Crippen molar-refractivity contribution < 1.29 is 35.5 Å². The number of ether oxygens (including phenoxy) is 1. The van der Waals surface area contributed by atoms with E-state index in [1.54, 1.807) is 6.07 Å². The molecule has 4 rings (SSSR count). The Balaban J connectivity index is 1.77. The number of carbonyl (C=O) groups excluding carboxylic acids is 1. The van der Waals surface area contributed by atoms with E-state index < -0.39 is 56.3 Å². The van der Waals surface area contributed by atoms with Gasteiger partial charge in [0, 0.05) is 17.4 Å². The number of halogens is 4. The van der Waals surface area contributed by atoms with E-state index in [1.807, 2.05) is 6.92 Å². The molecule has 0 unspecified atom stereocenters. The average Bonchev–Trinajstić information content (AvgIpc) is 3.53. The second-order valence-corrected chi connectivity index (χ2v) is 11.2. The van der Waals surface area contributed by atoms with E-state index in [1.165, 1.54) is 25.1 Å². The van der Waals surface area contributed by atoms with Crippen LogP contribution in [-0.4, -0.2) is 35.8 Å². The Bertz CT molecular complexity index is 1500. The van der Waals surface area contributed by atoms with Crippen molar-refractivity contribution in [1.29, 1.82) is 0 Å². The number of aromatic nitrogens is 3. The summed E-state index contributed by atoms with van der Waals surface area (Å²) >= 11 is 0. The van der Waals surface area contributed by atoms with Crippen molar-refractivity contribution in [2.45, 2.75) is 50.1 Å². The van der Waals surface area contributed by atoms with Crippen LogP contribution in [0.15, 0.2) is 35.2 Å². The van der Waals surface area contributed by atoms with E-state index in [2.05, 4.69) is 20.5 Å². The molecule has 0 bridgehead atoms. The van der Waals surface area contributed by atoms with E-state index in [9.17, 15) is 30.8 Å². The molecule has 1 fully saturated rings. The summed E-state index contributed by atoms with van der Waals surface area (Å²) in [4.78, 5) is 17.0. The normalized spacial score (nSPS) is 14.8. The fraction of sp³-hybridized carbons (Fsp3) is 0.333. The number of hydrogen-bond donors (Lipinski definition) is 1. The Kier molecular flexibility index (Phi) is 6.47. The van der Waals surface area contributed by atoms with Gasteiger partial charge >= 0.3 is 6.18 Å². The Hall–Kier alpha value is -3.61. The van der Waals surface area contributed by atoms with E-state index in [4.69, 9.17) is 4.74 Å². The molecule has 1 aliphatic rings. The van der Waals surface area contributed by atoms with Crippen LogP contribution < -0.4 is 10.1 Å². The molecule has 37 heavy (non-hydrogen) atoms. The quantitative estimate of drug-likeness (QED) is 0.342. The lowest BCUT2D eigenvalue weighted by atomic mass is 10.0. The molecular formula is C24H22F4N4O4S. The number of benzene rings is 1. The molecule has 8 nitrogen and oxygen atoms in total. The van der Waals surface area contributed by atoms with Gasteiger partial charge in [0.05, 0.1) is 10.6 Å². The number of carbonyl (C=O) groups is 1. The van der Waals surface area contributed by atoms with Crippen LogP contribution >= 0.6 is 0 Å². The summed E-state index contributed by atoms with van der Waals surface area (Å²) in [5.41, 5.74) is -2.11. The van der Waals surface area contributed by atoms with Gasteiger partial charge in [-0.15, -0.1) is 10.2 Å². The first-order valence-corrected chi connectivity index (χ1v) is 12.9. The lowest BCUT2D eigenvalue weighted by Gasteiger charge is -2.17. The minimum absolute atomic E-state index is 0.00490. The van der Waals surface area contributed by atoms with Gasteiger partial charge in [-0.05, 0) is 62.1 Å². The van der Waals surface area contributed by atoms with Crippen molar-refractivity contribution in [1.82, 2.24) is 15.2 Å². The zero-order valence-electron chi connectivity index (χ0n) is 20.2. The first kappa shape index (κ1) is 26.5. The largest absolute Gasteiger partial charge is 0.435 e. The van der Waals surface area contributed by atoms with Gasteiger partial charge in [0.2, 0.25) is 0 Å². The number of nitrogens with zero attached hydrogens (tertiary/aromatic N) is 3. The third kappa shape index (κ3) is 5.41. The first-order chi connectivity index (χ1) is 17.1. The number of amides is 1. The highest BCUT2D eigenvalue weighted by Gasteiger charge is 2.42. The molecular weight excluding hydrogens is 516 g/mol. The minimum atomic E-state index is -4.94. The monoisotopic (exact) mass is 538 g/mol. The molecule has 0 spiro atoms. The molecule has 13 heteroatoms. The summed E-state index contributed by atoms with van der Waals surface area (Å²) in [7, 11) is -3.62. The third-order valence-corrected chi connectivity index (χ3v) is 7.25. The Morgan fingerprint density at radius 2 is 1.81 bits per heavy atom. The maximum Gasteiger partial charge on any atom is 0.435 e. The molecule has 0 radical (unpaired) electrons. The maximum absolute atomic E-state index is 14.9. The number of anilines is 1. The topological polar surface area (TPSA) is 111 Å². The van der Waals surface area contributed by atoms with Crippen molar-refractivity contribution in [3.8, 4) is 11.6 Å². The summed E-state index contributed by atoms with van der Waals surface area (Å²) in [6.45, 7) is 4.47.